The maximum absolute atomic E-state index is 12.0. The Kier molecular flexibility index (Phi) is 5.20. The van der Waals surface area contributed by atoms with Crippen LogP contribution in [0.4, 0.5) is 9.18 Å². The zero-order valence-electron chi connectivity index (χ0n) is 9.21. The molecule has 0 radical (unpaired) electrons. The molecule has 14 heavy (non-hydrogen) atoms. The minimum Gasteiger partial charge on any atom is -0.413 e. The Morgan fingerprint density at radius 3 is 2.07 bits per heavy atom. The van der Waals surface area contributed by atoms with Gasteiger partial charge in [-0.05, 0) is 27.7 Å². The lowest BCUT2D eigenvalue weighted by atomic mass is 10.2. The highest BCUT2D eigenvalue weighted by Gasteiger charge is 2.22. The molecule has 0 fully saturated rings. The van der Waals surface area contributed by atoms with E-state index in [9.17, 15) is 9.18 Å². The fraction of sp³-hybridized carbons (Fsp3) is 0.700. The summed E-state index contributed by atoms with van der Waals surface area (Å²) in [4.78, 5) is 13.0. The molecule has 0 saturated heterocycles. The molecule has 3 nitrogen and oxygen atoms in total. The molecule has 0 aliphatic heterocycles. The van der Waals surface area contributed by atoms with E-state index < -0.39 is 12.8 Å². The van der Waals surface area contributed by atoms with Crippen molar-refractivity contribution in [1.82, 2.24) is 4.90 Å². The summed E-state index contributed by atoms with van der Waals surface area (Å²) in [5.41, 5.74) is 0. The molecule has 0 aromatic rings. The summed E-state index contributed by atoms with van der Waals surface area (Å²) in [7, 11) is 0. The molecule has 0 aromatic carbocycles. The second-order valence-electron chi connectivity index (χ2n) is 3.64. The van der Waals surface area contributed by atoms with Crippen LogP contribution in [0.5, 0.6) is 0 Å². The van der Waals surface area contributed by atoms with Gasteiger partial charge in [-0.25, -0.2) is 9.18 Å². The molecule has 0 aliphatic carbocycles. The molecule has 0 bridgehead atoms. The van der Waals surface area contributed by atoms with Crippen LogP contribution in [0.25, 0.3) is 0 Å². The fourth-order valence-electron chi connectivity index (χ4n) is 1.22. The highest BCUT2D eigenvalue weighted by atomic mass is 19.1. The molecule has 0 atom stereocenters. The van der Waals surface area contributed by atoms with Gasteiger partial charge in [0.15, 0.2) is 0 Å². The van der Waals surface area contributed by atoms with Gasteiger partial charge in [0, 0.05) is 12.1 Å². The van der Waals surface area contributed by atoms with Crippen LogP contribution < -0.4 is 0 Å². The van der Waals surface area contributed by atoms with Crippen LogP contribution in [-0.2, 0) is 4.74 Å². The maximum Gasteiger partial charge on any atom is 0.415 e. The number of carbonyl (C=O) groups excluding carboxylic acids is 1. The van der Waals surface area contributed by atoms with Crippen molar-refractivity contribution >= 4 is 6.09 Å². The standard InChI is InChI=1S/C10H18FNO2/c1-7(2)12(8(3)4)10(13)14-9(5)6-11/h7-8H,5-6H2,1-4H3. The number of halogens is 1. The first-order valence-electron chi connectivity index (χ1n) is 4.64. The number of alkyl halides is 1. The third-order valence-corrected chi connectivity index (χ3v) is 1.70. The number of rotatable bonds is 4. The van der Waals surface area contributed by atoms with Crippen LogP contribution in [0.3, 0.4) is 0 Å². The van der Waals surface area contributed by atoms with Crippen molar-refractivity contribution in [2.45, 2.75) is 39.8 Å². The Morgan fingerprint density at radius 1 is 1.36 bits per heavy atom. The van der Waals surface area contributed by atoms with Gasteiger partial charge in [0.05, 0.1) is 0 Å². The Labute approximate surface area is 84.5 Å². The van der Waals surface area contributed by atoms with Crippen molar-refractivity contribution in [1.29, 1.82) is 0 Å². The molecular weight excluding hydrogens is 185 g/mol. The largest absolute Gasteiger partial charge is 0.415 e. The second-order valence-corrected chi connectivity index (χ2v) is 3.64. The summed E-state index contributed by atoms with van der Waals surface area (Å²) in [5.74, 6) is -0.152. The molecule has 0 aromatic heterocycles. The predicted molar refractivity (Wildman–Crippen MR) is 53.7 cm³/mol. The van der Waals surface area contributed by atoms with Crippen molar-refractivity contribution in [3.63, 3.8) is 0 Å². The van der Waals surface area contributed by atoms with E-state index in [2.05, 4.69) is 6.58 Å². The highest BCUT2D eigenvalue weighted by Crippen LogP contribution is 2.09. The summed E-state index contributed by atoms with van der Waals surface area (Å²) in [5, 5.41) is 0. The van der Waals surface area contributed by atoms with E-state index in [0.717, 1.165) is 0 Å². The molecule has 0 aliphatic rings. The van der Waals surface area contributed by atoms with Gasteiger partial charge in [0.1, 0.15) is 12.4 Å². The third kappa shape index (κ3) is 3.77. The van der Waals surface area contributed by atoms with Gasteiger partial charge in [-0.1, -0.05) is 6.58 Å². The van der Waals surface area contributed by atoms with Crippen LogP contribution in [0.1, 0.15) is 27.7 Å². The predicted octanol–water partition coefficient (Wildman–Crippen LogP) is 2.73. The van der Waals surface area contributed by atoms with Crippen LogP contribution >= 0.6 is 0 Å². The first-order chi connectivity index (χ1) is 6.40. The molecule has 0 spiro atoms. The number of ether oxygens (including phenoxy) is 1. The number of amides is 1. The van der Waals surface area contributed by atoms with Crippen molar-refractivity contribution < 1.29 is 13.9 Å². The first-order valence-corrected chi connectivity index (χ1v) is 4.64. The van der Waals surface area contributed by atoms with Crippen LogP contribution in [0.15, 0.2) is 12.3 Å². The van der Waals surface area contributed by atoms with Crippen molar-refractivity contribution in [3.05, 3.63) is 12.3 Å². The van der Waals surface area contributed by atoms with Gasteiger partial charge >= 0.3 is 6.09 Å². The molecule has 4 heteroatoms. The molecular formula is C10H18FNO2. The van der Waals surface area contributed by atoms with E-state index in [1.807, 2.05) is 27.7 Å². The van der Waals surface area contributed by atoms with Gasteiger partial charge < -0.3 is 9.64 Å². The number of nitrogens with zero attached hydrogens (tertiary/aromatic N) is 1. The zero-order valence-corrected chi connectivity index (χ0v) is 9.21. The van der Waals surface area contributed by atoms with Gasteiger partial charge in [-0.15, -0.1) is 0 Å². The molecule has 0 N–H and O–H groups in total. The topological polar surface area (TPSA) is 29.5 Å². The van der Waals surface area contributed by atoms with Crippen LogP contribution in [0.2, 0.25) is 0 Å². The SMILES string of the molecule is C=C(CF)OC(=O)N(C(C)C)C(C)C. The number of allylic oxidation sites excluding steroid dienone is 1. The van der Waals surface area contributed by atoms with E-state index in [1.165, 1.54) is 4.90 Å². The Bertz CT molecular complexity index is 206. The zero-order chi connectivity index (χ0) is 11.3. The summed E-state index contributed by atoms with van der Waals surface area (Å²) in [6.07, 6.45) is -0.544. The maximum atomic E-state index is 12.0. The molecule has 0 unspecified atom stereocenters. The Balaban J connectivity index is 4.38. The minimum atomic E-state index is -0.838. The lowest BCUT2D eigenvalue weighted by Gasteiger charge is -2.29. The Hall–Kier alpha value is -1.06. The summed E-state index contributed by atoms with van der Waals surface area (Å²) in [6.45, 7) is 9.93. The molecule has 82 valence electrons. The van der Waals surface area contributed by atoms with Gasteiger partial charge in [-0.3, -0.25) is 0 Å². The third-order valence-electron chi connectivity index (χ3n) is 1.70. The fourth-order valence-corrected chi connectivity index (χ4v) is 1.22. The molecule has 1 amide bonds. The molecule has 0 heterocycles. The Morgan fingerprint density at radius 2 is 1.79 bits per heavy atom. The minimum absolute atomic E-state index is 0.0231. The smallest absolute Gasteiger partial charge is 0.413 e. The van der Waals surface area contributed by atoms with E-state index in [1.54, 1.807) is 0 Å². The van der Waals surface area contributed by atoms with E-state index in [-0.39, 0.29) is 17.8 Å². The highest BCUT2D eigenvalue weighted by molar-refractivity contribution is 5.69. The first kappa shape index (κ1) is 12.9. The van der Waals surface area contributed by atoms with Crippen molar-refractivity contribution in [2.75, 3.05) is 6.67 Å². The van der Waals surface area contributed by atoms with E-state index >= 15 is 0 Å². The normalized spacial score (nSPS) is 10.5. The molecule has 0 rings (SSSR count). The van der Waals surface area contributed by atoms with Crippen LogP contribution in [-0.4, -0.2) is 29.8 Å². The molecule has 0 saturated carbocycles. The number of hydrogen-bond acceptors (Lipinski definition) is 2. The number of carbonyl (C=O) groups is 1. The quantitative estimate of drug-likeness (QED) is 0.657. The second kappa shape index (κ2) is 5.62. The monoisotopic (exact) mass is 203 g/mol. The number of hydrogen-bond donors (Lipinski definition) is 0. The lowest BCUT2D eigenvalue weighted by molar-refractivity contribution is 0.0976. The van der Waals surface area contributed by atoms with Gasteiger partial charge in [-0.2, -0.15) is 0 Å². The lowest BCUT2D eigenvalue weighted by Crippen LogP contribution is -2.42. The van der Waals surface area contributed by atoms with Crippen molar-refractivity contribution in [3.8, 4) is 0 Å². The van der Waals surface area contributed by atoms with E-state index in [0.29, 0.717) is 0 Å². The van der Waals surface area contributed by atoms with Crippen LogP contribution in [0, 0.1) is 0 Å². The van der Waals surface area contributed by atoms with Gasteiger partial charge in [0.2, 0.25) is 0 Å². The summed E-state index contributed by atoms with van der Waals surface area (Å²) < 4.78 is 16.7. The van der Waals surface area contributed by atoms with Gasteiger partial charge in [0.25, 0.3) is 0 Å². The average Bonchev–Trinajstić information content (AvgIpc) is 2.02. The average molecular weight is 203 g/mol. The van der Waals surface area contributed by atoms with Crippen molar-refractivity contribution in [2.24, 2.45) is 0 Å². The van der Waals surface area contributed by atoms with E-state index in [4.69, 9.17) is 4.74 Å². The summed E-state index contributed by atoms with van der Waals surface area (Å²) >= 11 is 0. The summed E-state index contributed by atoms with van der Waals surface area (Å²) in [6, 6.07) is 0.0461.